The van der Waals surface area contributed by atoms with Crippen LogP contribution in [0, 0.1) is 10.1 Å². The van der Waals surface area contributed by atoms with Crippen LogP contribution in [0.4, 0.5) is 5.69 Å². The molecule has 0 saturated heterocycles. The number of benzene rings is 1. The summed E-state index contributed by atoms with van der Waals surface area (Å²) in [6.07, 6.45) is 0. The van der Waals surface area contributed by atoms with Crippen molar-refractivity contribution in [2.45, 2.75) is 4.90 Å². The molecule has 2 rings (SSSR count). The van der Waals surface area contributed by atoms with Gasteiger partial charge in [-0.3, -0.25) is 14.9 Å². The van der Waals surface area contributed by atoms with Crippen LogP contribution < -0.4 is 0 Å². The fourth-order valence-electron chi connectivity index (χ4n) is 1.70. The van der Waals surface area contributed by atoms with Crippen LogP contribution in [-0.2, 0) is 10.0 Å². The molecule has 8 nitrogen and oxygen atoms in total. The average Bonchev–Trinajstić information content (AvgIpc) is 2.51. The molecule has 1 aromatic carbocycles. The Kier molecular flexibility index (Phi) is 2.79. The first kappa shape index (κ1) is 12.5. The molecule has 1 N–H and O–H groups in total. The number of amides is 1. The van der Waals surface area contributed by atoms with E-state index in [0.717, 1.165) is 18.2 Å². The largest absolute Gasteiger partial charge is 0.394 e. The number of hydrogen-bond acceptors (Lipinski definition) is 6. The summed E-state index contributed by atoms with van der Waals surface area (Å²) in [5.41, 5.74) is -0.596. The van der Waals surface area contributed by atoms with Crippen LogP contribution in [0.1, 0.15) is 10.4 Å². The number of nitrogens with zero attached hydrogens (tertiary/aromatic N) is 2. The zero-order chi connectivity index (χ0) is 13.5. The summed E-state index contributed by atoms with van der Waals surface area (Å²) in [6, 6.07) is 2.97. The van der Waals surface area contributed by atoms with Crippen molar-refractivity contribution in [1.82, 2.24) is 4.31 Å². The average molecular weight is 272 g/mol. The Morgan fingerprint density at radius 3 is 2.61 bits per heavy atom. The van der Waals surface area contributed by atoms with E-state index in [1.807, 2.05) is 0 Å². The van der Waals surface area contributed by atoms with E-state index in [0.29, 0.717) is 4.31 Å². The molecule has 1 aromatic rings. The second-order valence-corrected chi connectivity index (χ2v) is 5.37. The van der Waals surface area contributed by atoms with E-state index in [-0.39, 0.29) is 22.7 Å². The minimum absolute atomic E-state index is 0.238. The van der Waals surface area contributed by atoms with Crippen LogP contribution in [0.15, 0.2) is 23.1 Å². The van der Waals surface area contributed by atoms with Crippen LogP contribution >= 0.6 is 0 Å². The molecule has 0 bridgehead atoms. The highest BCUT2D eigenvalue weighted by atomic mass is 32.2. The molecule has 0 aromatic heterocycles. The number of hydrogen-bond donors (Lipinski definition) is 1. The van der Waals surface area contributed by atoms with Gasteiger partial charge in [0.1, 0.15) is 4.90 Å². The number of aliphatic hydroxyl groups is 1. The normalized spacial score (nSPS) is 16.7. The van der Waals surface area contributed by atoms with Gasteiger partial charge in [0.2, 0.25) is 0 Å². The lowest BCUT2D eigenvalue weighted by Crippen LogP contribution is -2.32. The number of fused-ring (bicyclic) bond motifs is 1. The zero-order valence-corrected chi connectivity index (χ0v) is 9.75. The number of sulfonamides is 1. The lowest BCUT2D eigenvalue weighted by Gasteiger charge is -2.12. The van der Waals surface area contributed by atoms with Crippen molar-refractivity contribution in [3.8, 4) is 0 Å². The Labute approximate surface area is 102 Å². The molecule has 0 spiro atoms. The third-order valence-corrected chi connectivity index (χ3v) is 4.34. The Morgan fingerprint density at radius 1 is 1.39 bits per heavy atom. The van der Waals surface area contributed by atoms with E-state index in [4.69, 9.17) is 5.11 Å². The molecule has 9 heteroatoms. The monoisotopic (exact) mass is 272 g/mol. The van der Waals surface area contributed by atoms with Gasteiger partial charge in [-0.1, -0.05) is 0 Å². The zero-order valence-electron chi connectivity index (χ0n) is 8.94. The summed E-state index contributed by atoms with van der Waals surface area (Å²) >= 11 is 0. The van der Waals surface area contributed by atoms with Gasteiger partial charge in [0, 0.05) is 12.1 Å². The van der Waals surface area contributed by atoms with Crippen molar-refractivity contribution in [2.75, 3.05) is 13.2 Å². The second kappa shape index (κ2) is 4.03. The van der Waals surface area contributed by atoms with Gasteiger partial charge in [-0.15, -0.1) is 0 Å². The molecule has 1 heterocycles. The molecule has 1 aliphatic heterocycles. The van der Waals surface area contributed by atoms with Gasteiger partial charge in [-0.25, -0.2) is 12.7 Å². The number of carbonyl (C=O) groups excluding carboxylic acids is 1. The van der Waals surface area contributed by atoms with Crippen LogP contribution in [-0.4, -0.2) is 41.8 Å². The molecule has 0 atom stereocenters. The molecular formula is C9H8N2O6S. The van der Waals surface area contributed by atoms with Gasteiger partial charge < -0.3 is 5.11 Å². The van der Waals surface area contributed by atoms with Crippen molar-refractivity contribution in [2.24, 2.45) is 0 Å². The Morgan fingerprint density at radius 2 is 2.06 bits per heavy atom. The summed E-state index contributed by atoms with van der Waals surface area (Å²) < 4.78 is 24.3. The van der Waals surface area contributed by atoms with E-state index < -0.39 is 27.5 Å². The van der Waals surface area contributed by atoms with E-state index in [1.54, 1.807) is 0 Å². The highest BCUT2D eigenvalue weighted by molar-refractivity contribution is 7.90. The van der Waals surface area contributed by atoms with Crippen LogP contribution in [0.2, 0.25) is 0 Å². The van der Waals surface area contributed by atoms with Crippen molar-refractivity contribution >= 4 is 21.6 Å². The number of rotatable bonds is 3. The SMILES string of the molecule is O=C1c2cc([N+](=O)[O-])ccc2S(=O)(=O)N1CCO. The maximum Gasteiger partial charge on any atom is 0.270 e. The third kappa shape index (κ3) is 1.64. The summed E-state index contributed by atoms with van der Waals surface area (Å²) in [6.45, 7) is -0.884. The minimum Gasteiger partial charge on any atom is -0.394 e. The molecule has 0 fully saturated rings. The maximum atomic E-state index is 11.9. The molecule has 0 radical (unpaired) electrons. The molecule has 0 saturated carbocycles. The highest BCUT2D eigenvalue weighted by Gasteiger charge is 2.41. The van der Waals surface area contributed by atoms with Crippen LogP contribution in [0.25, 0.3) is 0 Å². The smallest absolute Gasteiger partial charge is 0.270 e. The number of nitro benzene ring substituents is 1. The maximum absolute atomic E-state index is 11.9. The molecule has 96 valence electrons. The van der Waals surface area contributed by atoms with Gasteiger partial charge >= 0.3 is 0 Å². The fourth-order valence-corrected chi connectivity index (χ4v) is 3.24. The number of non-ortho nitro benzene ring substituents is 1. The molecule has 18 heavy (non-hydrogen) atoms. The number of aliphatic hydroxyl groups excluding tert-OH is 1. The first-order valence-electron chi connectivity index (χ1n) is 4.86. The van der Waals surface area contributed by atoms with Crippen molar-refractivity contribution in [1.29, 1.82) is 0 Å². The molecule has 1 aliphatic rings. The lowest BCUT2D eigenvalue weighted by atomic mass is 10.2. The summed E-state index contributed by atoms with van der Waals surface area (Å²) in [4.78, 5) is 21.4. The van der Waals surface area contributed by atoms with Crippen molar-refractivity contribution < 1.29 is 23.2 Å². The summed E-state index contributed by atoms with van der Waals surface area (Å²) in [7, 11) is -4.00. The predicted octanol–water partition coefficient (Wildman–Crippen LogP) is -0.268. The Hall–Kier alpha value is -2.00. The first-order valence-corrected chi connectivity index (χ1v) is 6.30. The Balaban J connectivity index is 2.61. The van der Waals surface area contributed by atoms with Gasteiger partial charge in [0.05, 0.1) is 23.6 Å². The van der Waals surface area contributed by atoms with E-state index >= 15 is 0 Å². The third-order valence-electron chi connectivity index (χ3n) is 2.50. The topological polar surface area (TPSA) is 118 Å². The van der Waals surface area contributed by atoms with Crippen LogP contribution in [0.3, 0.4) is 0 Å². The molecule has 1 amide bonds. The van der Waals surface area contributed by atoms with Gasteiger partial charge in [0.15, 0.2) is 0 Å². The standard InChI is InChI=1S/C9H8N2O6S/c12-4-3-10-9(13)7-5-6(11(14)15)1-2-8(7)18(10,16)17/h1-2,5,12H,3-4H2. The van der Waals surface area contributed by atoms with E-state index in [2.05, 4.69) is 0 Å². The van der Waals surface area contributed by atoms with Gasteiger partial charge in [0.25, 0.3) is 21.6 Å². The van der Waals surface area contributed by atoms with Crippen molar-refractivity contribution in [3.63, 3.8) is 0 Å². The number of nitro groups is 1. The Bertz CT molecular complexity index is 638. The molecule has 0 unspecified atom stereocenters. The molecule has 0 aliphatic carbocycles. The van der Waals surface area contributed by atoms with Gasteiger partial charge in [-0.2, -0.15) is 0 Å². The second-order valence-electron chi connectivity index (χ2n) is 3.54. The van der Waals surface area contributed by atoms with E-state index in [1.165, 1.54) is 0 Å². The number of β-amino-alcohol motifs (C(OH)–C–C–N with tert-alkyl or cyclic N) is 1. The highest BCUT2D eigenvalue weighted by Crippen LogP contribution is 2.32. The minimum atomic E-state index is -4.00. The molecular weight excluding hydrogens is 264 g/mol. The van der Waals surface area contributed by atoms with Crippen LogP contribution in [0.5, 0.6) is 0 Å². The lowest BCUT2D eigenvalue weighted by molar-refractivity contribution is -0.384. The summed E-state index contributed by atoms with van der Waals surface area (Å²) in [5.74, 6) is -0.859. The summed E-state index contributed by atoms with van der Waals surface area (Å²) in [5, 5.41) is 19.3. The van der Waals surface area contributed by atoms with E-state index in [9.17, 15) is 23.3 Å². The van der Waals surface area contributed by atoms with Crippen molar-refractivity contribution in [3.05, 3.63) is 33.9 Å². The quantitative estimate of drug-likeness (QED) is 0.597. The first-order chi connectivity index (χ1) is 8.39. The van der Waals surface area contributed by atoms with Gasteiger partial charge in [-0.05, 0) is 6.07 Å². The number of carbonyl (C=O) groups is 1. The fraction of sp³-hybridized carbons (Fsp3) is 0.222. The predicted molar refractivity (Wildman–Crippen MR) is 58.4 cm³/mol.